The fourth-order valence-electron chi connectivity index (χ4n) is 2.71. The van der Waals surface area contributed by atoms with Crippen LogP contribution < -0.4 is 5.32 Å². The molecule has 1 N–H and O–H groups in total. The van der Waals surface area contributed by atoms with E-state index in [9.17, 15) is 4.39 Å². The van der Waals surface area contributed by atoms with Gasteiger partial charge in [0, 0.05) is 12.6 Å². The summed E-state index contributed by atoms with van der Waals surface area (Å²) in [4.78, 5) is 0. The predicted molar refractivity (Wildman–Crippen MR) is 75.9 cm³/mol. The third kappa shape index (κ3) is 4.02. The van der Waals surface area contributed by atoms with Gasteiger partial charge >= 0.3 is 0 Å². The molecule has 1 aliphatic heterocycles. The van der Waals surface area contributed by atoms with Crippen LogP contribution >= 0.6 is 0 Å². The van der Waals surface area contributed by atoms with Gasteiger partial charge in [-0.1, -0.05) is 13.0 Å². The minimum atomic E-state index is -0.156. The van der Waals surface area contributed by atoms with E-state index in [0.29, 0.717) is 12.1 Å². The van der Waals surface area contributed by atoms with Crippen LogP contribution in [0, 0.1) is 12.7 Å². The highest BCUT2D eigenvalue weighted by Crippen LogP contribution is 2.20. The lowest BCUT2D eigenvalue weighted by molar-refractivity contribution is 0.0783. The standard InChI is InChI=1S/C16H24FNO/c1-3-8-18-15(16-5-4-9-19-16)11-13-6-7-14(17)10-12(13)2/h6-7,10,15-16,18H,3-5,8-9,11H2,1-2H3. The van der Waals surface area contributed by atoms with E-state index in [1.165, 1.54) is 5.56 Å². The number of ether oxygens (including phenoxy) is 1. The minimum Gasteiger partial charge on any atom is -0.377 e. The van der Waals surface area contributed by atoms with E-state index < -0.39 is 0 Å². The molecule has 1 fully saturated rings. The first-order valence-electron chi connectivity index (χ1n) is 7.30. The summed E-state index contributed by atoms with van der Waals surface area (Å²) >= 11 is 0. The number of aryl methyl sites for hydroxylation is 1. The molecule has 0 spiro atoms. The molecule has 1 aromatic carbocycles. The van der Waals surface area contributed by atoms with E-state index in [4.69, 9.17) is 4.74 Å². The van der Waals surface area contributed by atoms with Crippen molar-refractivity contribution in [3.63, 3.8) is 0 Å². The van der Waals surface area contributed by atoms with E-state index >= 15 is 0 Å². The molecule has 1 heterocycles. The van der Waals surface area contributed by atoms with Crippen molar-refractivity contribution >= 4 is 0 Å². The summed E-state index contributed by atoms with van der Waals surface area (Å²) < 4.78 is 19.0. The van der Waals surface area contributed by atoms with Crippen LogP contribution in [-0.4, -0.2) is 25.3 Å². The highest BCUT2D eigenvalue weighted by molar-refractivity contribution is 5.27. The van der Waals surface area contributed by atoms with Gasteiger partial charge in [-0.05, 0) is 62.4 Å². The first kappa shape index (κ1) is 14.5. The van der Waals surface area contributed by atoms with E-state index in [0.717, 1.165) is 44.4 Å². The third-order valence-corrected chi connectivity index (χ3v) is 3.81. The fourth-order valence-corrected chi connectivity index (χ4v) is 2.71. The third-order valence-electron chi connectivity index (χ3n) is 3.81. The zero-order valence-electron chi connectivity index (χ0n) is 11.9. The number of hydrogen-bond acceptors (Lipinski definition) is 2. The van der Waals surface area contributed by atoms with Crippen LogP contribution in [0.4, 0.5) is 4.39 Å². The molecule has 0 aliphatic carbocycles. The van der Waals surface area contributed by atoms with Crippen LogP contribution in [0.1, 0.15) is 37.3 Å². The van der Waals surface area contributed by atoms with Crippen LogP contribution in [0.5, 0.6) is 0 Å². The average molecular weight is 265 g/mol. The van der Waals surface area contributed by atoms with Crippen LogP contribution in [0.3, 0.4) is 0 Å². The highest BCUT2D eigenvalue weighted by Gasteiger charge is 2.25. The van der Waals surface area contributed by atoms with Gasteiger partial charge in [0.15, 0.2) is 0 Å². The van der Waals surface area contributed by atoms with Gasteiger partial charge in [0.2, 0.25) is 0 Å². The lowest BCUT2D eigenvalue weighted by Crippen LogP contribution is -2.41. The van der Waals surface area contributed by atoms with Crippen molar-refractivity contribution in [3.8, 4) is 0 Å². The molecule has 106 valence electrons. The molecule has 2 rings (SSSR count). The molecular formula is C16H24FNO. The summed E-state index contributed by atoms with van der Waals surface area (Å²) in [7, 11) is 0. The molecule has 0 bridgehead atoms. The molecule has 2 atom stereocenters. The molecule has 0 aromatic heterocycles. The van der Waals surface area contributed by atoms with Crippen molar-refractivity contribution in [2.24, 2.45) is 0 Å². The van der Waals surface area contributed by atoms with Gasteiger partial charge < -0.3 is 10.1 Å². The molecule has 1 saturated heterocycles. The topological polar surface area (TPSA) is 21.3 Å². The maximum Gasteiger partial charge on any atom is 0.123 e. The first-order valence-corrected chi connectivity index (χ1v) is 7.30. The number of benzene rings is 1. The molecule has 0 amide bonds. The minimum absolute atomic E-state index is 0.156. The Bertz CT molecular complexity index is 402. The number of rotatable bonds is 6. The molecular weight excluding hydrogens is 241 g/mol. The molecule has 19 heavy (non-hydrogen) atoms. The number of hydrogen-bond donors (Lipinski definition) is 1. The van der Waals surface area contributed by atoms with Crippen molar-refractivity contribution in [2.45, 2.75) is 51.7 Å². The smallest absolute Gasteiger partial charge is 0.123 e. The van der Waals surface area contributed by atoms with E-state index in [-0.39, 0.29) is 5.82 Å². The summed E-state index contributed by atoms with van der Waals surface area (Å²) in [6.07, 6.45) is 4.61. The average Bonchev–Trinajstić information content (AvgIpc) is 2.90. The van der Waals surface area contributed by atoms with E-state index in [1.807, 2.05) is 13.0 Å². The second-order valence-electron chi connectivity index (χ2n) is 5.39. The van der Waals surface area contributed by atoms with Gasteiger partial charge in [0.25, 0.3) is 0 Å². The second-order valence-corrected chi connectivity index (χ2v) is 5.39. The molecule has 1 aliphatic rings. The van der Waals surface area contributed by atoms with Gasteiger partial charge in [-0.3, -0.25) is 0 Å². The maximum absolute atomic E-state index is 13.1. The largest absolute Gasteiger partial charge is 0.377 e. The number of nitrogens with one attached hydrogen (secondary N) is 1. The monoisotopic (exact) mass is 265 g/mol. The van der Waals surface area contributed by atoms with Gasteiger partial charge in [-0.25, -0.2) is 4.39 Å². The Hall–Kier alpha value is -0.930. The molecule has 0 saturated carbocycles. The van der Waals surface area contributed by atoms with Gasteiger partial charge in [-0.15, -0.1) is 0 Å². The van der Waals surface area contributed by atoms with Crippen molar-refractivity contribution in [2.75, 3.05) is 13.2 Å². The number of halogens is 1. The first-order chi connectivity index (χ1) is 9.20. The predicted octanol–water partition coefficient (Wildman–Crippen LogP) is 3.22. The lowest BCUT2D eigenvalue weighted by Gasteiger charge is -2.25. The molecule has 3 heteroatoms. The Labute approximate surface area is 115 Å². The molecule has 0 radical (unpaired) electrons. The van der Waals surface area contributed by atoms with E-state index in [2.05, 4.69) is 12.2 Å². The summed E-state index contributed by atoms with van der Waals surface area (Å²) in [6.45, 7) is 6.02. The Morgan fingerprint density at radius 3 is 2.95 bits per heavy atom. The normalized spacial score (nSPS) is 20.7. The summed E-state index contributed by atoms with van der Waals surface area (Å²) in [5, 5.41) is 3.58. The molecule has 2 nitrogen and oxygen atoms in total. The lowest BCUT2D eigenvalue weighted by atomic mass is 9.96. The Kier molecular flexibility index (Phi) is 5.34. The highest BCUT2D eigenvalue weighted by atomic mass is 19.1. The Morgan fingerprint density at radius 1 is 1.47 bits per heavy atom. The second kappa shape index (κ2) is 7.01. The van der Waals surface area contributed by atoms with Crippen LogP contribution in [0.2, 0.25) is 0 Å². The summed E-state index contributed by atoms with van der Waals surface area (Å²) in [6, 6.07) is 5.41. The van der Waals surface area contributed by atoms with Crippen LogP contribution in [-0.2, 0) is 11.2 Å². The van der Waals surface area contributed by atoms with E-state index in [1.54, 1.807) is 12.1 Å². The summed E-state index contributed by atoms with van der Waals surface area (Å²) in [5.41, 5.74) is 2.24. The van der Waals surface area contributed by atoms with Crippen molar-refractivity contribution in [1.82, 2.24) is 5.32 Å². The van der Waals surface area contributed by atoms with Gasteiger partial charge in [-0.2, -0.15) is 0 Å². The quantitative estimate of drug-likeness (QED) is 0.852. The molecule has 2 unspecified atom stereocenters. The van der Waals surface area contributed by atoms with Crippen molar-refractivity contribution in [3.05, 3.63) is 35.1 Å². The van der Waals surface area contributed by atoms with Crippen LogP contribution in [0.25, 0.3) is 0 Å². The fraction of sp³-hybridized carbons (Fsp3) is 0.625. The van der Waals surface area contributed by atoms with Crippen molar-refractivity contribution < 1.29 is 9.13 Å². The zero-order valence-corrected chi connectivity index (χ0v) is 11.9. The van der Waals surface area contributed by atoms with Gasteiger partial charge in [0.1, 0.15) is 5.82 Å². The van der Waals surface area contributed by atoms with Crippen LogP contribution in [0.15, 0.2) is 18.2 Å². The Balaban J connectivity index is 2.05. The Morgan fingerprint density at radius 2 is 2.32 bits per heavy atom. The molecule has 1 aromatic rings. The summed E-state index contributed by atoms with van der Waals surface area (Å²) in [5.74, 6) is -0.156. The SMILES string of the molecule is CCCNC(Cc1ccc(F)cc1C)C1CCCO1. The van der Waals surface area contributed by atoms with Crippen molar-refractivity contribution in [1.29, 1.82) is 0 Å². The van der Waals surface area contributed by atoms with Gasteiger partial charge in [0.05, 0.1) is 6.10 Å². The zero-order chi connectivity index (χ0) is 13.7. The maximum atomic E-state index is 13.1.